The summed E-state index contributed by atoms with van der Waals surface area (Å²) in [6, 6.07) is 0. The molecule has 14 heavy (non-hydrogen) atoms. The molecule has 1 saturated heterocycles. The molecule has 0 radical (unpaired) electrons. The van der Waals surface area contributed by atoms with Gasteiger partial charge in [0.05, 0.1) is 6.17 Å². The highest BCUT2D eigenvalue weighted by molar-refractivity contribution is 14.3. The Balaban J connectivity index is 2.60. The molecule has 0 aliphatic carbocycles. The second-order valence-corrected chi connectivity index (χ2v) is 16.3. The van der Waals surface area contributed by atoms with E-state index in [0.717, 1.165) is 0 Å². The van der Waals surface area contributed by atoms with Gasteiger partial charge in [-0.3, -0.25) is 0 Å². The van der Waals surface area contributed by atoms with Crippen LogP contribution in [0.4, 0.5) is 0 Å². The van der Waals surface area contributed by atoms with Crippen molar-refractivity contribution in [3.63, 3.8) is 0 Å². The van der Waals surface area contributed by atoms with Gasteiger partial charge >= 0.3 is 0 Å². The first-order chi connectivity index (χ1) is 6.48. The van der Waals surface area contributed by atoms with E-state index in [1.165, 1.54) is 19.5 Å². The third kappa shape index (κ3) is 4.59. The van der Waals surface area contributed by atoms with E-state index < -0.39 is 0 Å². The largest absolute Gasteiger partial charge is 0.232 e. The predicted molar refractivity (Wildman–Crippen MR) is 93.6 cm³/mol. The molecule has 0 aromatic heterocycles. The Bertz CT molecular complexity index is 176. The summed E-state index contributed by atoms with van der Waals surface area (Å²) in [5.74, 6) is 0. The number of nitrogens with zero attached hydrogens (tertiary/aromatic N) is 2. The number of hydrogen-bond donors (Lipinski definition) is 0. The van der Waals surface area contributed by atoms with E-state index in [-0.39, 0.29) is 0 Å². The van der Waals surface area contributed by atoms with Crippen molar-refractivity contribution >= 4 is 91.7 Å². The standard InChI is InChI=1S/C7H13I3N2S2/c1-13-11-3-4-12(14-2)6(11)5-7(8,9)10/h6H,3-5H2,1-2H3. The summed E-state index contributed by atoms with van der Waals surface area (Å²) < 4.78 is 5.30. The van der Waals surface area contributed by atoms with E-state index in [1.54, 1.807) is 0 Å². The maximum absolute atomic E-state index is 2.52. The summed E-state index contributed by atoms with van der Waals surface area (Å²) in [5, 5.41) is 0. The first kappa shape index (κ1) is 14.9. The maximum Gasteiger partial charge on any atom is 0.127 e. The van der Waals surface area contributed by atoms with Gasteiger partial charge in [0.25, 0.3) is 0 Å². The summed E-state index contributed by atoms with van der Waals surface area (Å²) in [7, 11) is 0. The number of hydrogen-bond acceptors (Lipinski definition) is 4. The molecular formula is C7H13I3N2S2. The average molecular weight is 570 g/mol. The van der Waals surface area contributed by atoms with E-state index in [0.29, 0.717) is 5.60 Å². The molecule has 1 aliphatic heterocycles. The van der Waals surface area contributed by atoms with Gasteiger partial charge in [0.1, 0.15) is -0.565 Å². The van der Waals surface area contributed by atoms with Crippen LogP contribution in [0.3, 0.4) is 0 Å². The first-order valence-corrected chi connectivity index (χ1v) is 9.76. The maximum atomic E-state index is 2.52. The van der Waals surface area contributed by atoms with Gasteiger partial charge in [-0.25, -0.2) is 8.61 Å². The van der Waals surface area contributed by atoms with Crippen molar-refractivity contribution in [2.45, 2.75) is 12.0 Å². The number of rotatable bonds is 4. The molecule has 0 saturated carbocycles. The second kappa shape index (κ2) is 6.66. The molecule has 0 unspecified atom stereocenters. The van der Waals surface area contributed by atoms with Crippen LogP contribution in [0.5, 0.6) is 0 Å². The molecular weight excluding hydrogens is 557 g/mol. The Morgan fingerprint density at radius 2 is 1.57 bits per heavy atom. The lowest BCUT2D eigenvalue weighted by Gasteiger charge is -2.30. The van der Waals surface area contributed by atoms with Crippen LogP contribution in [-0.4, -0.2) is 39.8 Å². The quantitative estimate of drug-likeness (QED) is 0.288. The van der Waals surface area contributed by atoms with Gasteiger partial charge in [0, 0.05) is 19.5 Å². The predicted octanol–water partition coefficient (Wildman–Crippen LogP) is 3.84. The van der Waals surface area contributed by atoms with Gasteiger partial charge in [-0.05, 0) is 12.5 Å². The van der Waals surface area contributed by atoms with Gasteiger partial charge in [0.2, 0.25) is 0 Å². The van der Waals surface area contributed by atoms with Gasteiger partial charge in [-0.15, -0.1) is 0 Å². The minimum absolute atomic E-state index is 0.324. The first-order valence-electron chi connectivity index (χ1n) is 4.16. The SMILES string of the molecule is CSN1CCN(SC)C1CC(I)(I)I. The van der Waals surface area contributed by atoms with Gasteiger partial charge in [0.15, 0.2) is 0 Å². The van der Waals surface area contributed by atoms with E-state index in [2.05, 4.69) is 88.9 Å². The molecule has 0 aromatic rings. The fourth-order valence-corrected chi connectivity index (χ4v) is 4.11. The molecule has 0 amide bonds. The smallest absolute Gasteiger partial charge is 0.127 e. The van der Waals surface area contributed by atoms with Crippen LogP contribution < -0.4 is 0 Å². The van der Waals surface area contributed by atoms with Crippen molar-refractivity contribution in [2.24, 2.45) is 0 Å². The van der Waals surface area contributed by atoms with Crippen molar-refractivity contribution in [2.75, 3.05) is 25.6 Å². The number of alkyl halides is 3. The summed E-state index contributed by atoms with van der Waals surface area (Å²) in [4.78, 5) is 0. The normalized spacial score (nSPS) is 22.1. The molecule has 0 atom stereocenters. The van der Waals surface area contributed by atoms with Gasteiger partial charge in [-0.2, -0.15) is 0 Å². The number of halogens is 3. The van der Waals surface area contributed by atoms with Gasteiger partial charge in [-0.1, -0.05) is 91.7 Å². The van der Waals surface area contributed by atoms with Crippen molar-refractivity contribution in [1.82, 2.24) is 8.61 Å². The summed E-state index contributed by atoms with van der Waals surface area (Å²) in [6.07, 6.45) is 6.14. The average Bonchev–Trinajstić information content (AvgIpc) is 2.44. The Morgan fingerprint density at radius 3 is 1.86 bits per heavy atom. The fraction of sp³-hybridized carbons (Fsp3) is 1.00. The zero-order valence-corrected chi connectivity index (χ0v) is 16.1. The fourth-order valence-electron chi connectivity index (χ4n) is 1.48. The lowest BCUT2D eigenvalue weighted by atomic mass is 10.4. The Labute approximate surface area is 136 Å². The van der Waals surface area contributed by atoms with Crippen molar-refractivity contribution in [1.29, 1.82) is 0 Å². The summed E-state index contributed by atoms with van der Waals surface area (Å²) in [6.45, 7) is 2.37. The van der Waals surface area contributed by atoms with E-state index >= 15 is 0 Å². The highest BCUT2D eigenvalue weighted by Crippen LogP contribution is 2.43. The monoisotopic (exact) mass is 570 g/mol. The van der Waals surface area contributed by atoms with Crippen LogP contribution in [0.25, 0.3) is 0 Å². The Morgan fingerprint density at radius 1 is 1.14 bits per heavy atom. The molecule has 1 fully saturated rings. The van der Waals surface area contributed by atoms with Crippen LogP contribution in [0.15, 0.2) is 0 Å². The highest BCUT2D eigenvalue weighted by Gasteiger charge is 2.36. The minimum Gasteiger partial charge on any atom is -0.232 e. The molecule has 7 heteroatoms. The lowest BCUT2D eigenvalue weighted by Crippen LogP contribution is -2.34. The van der Waals surface area contributed by atoms with Crippen LogP contribution in [0.2, 0.25) is 0 Å². The van der Waals surface area contributed by atoms with E-state index in [9.17, 15) is 0 Å². The zero-order valence-electron chi connectivity index (χ0n) is 8.04. The molecule has 1 aliphatic rings. The van der Waals surface area contributed by atoms with Crippen LogP contribution in [0.1, 0.15) is 6.42 Å². The van der Waals surface area contributed by atoms with Crippen molar-refractivity contribution in [3.8, 4) is 0 Å². The van der Waals surface area contributed by atoms with Crippen molar-refractivity contribution in [3.05, 3.63) is 0 Å². The molecule has 0 bridgehead atoms. The zero-order chi connectivity index (χ0) is 10.8. The molecule has 84 valence electrons. The van der Waals surface area contributed by atoms with Crippen LogP contribution in [-0.2, 0) is 0 Å². The molecule has 1 heterocycles. The minimum atomic E-state index is 0.324. The topological polar surface area (TPSA) is 6.48 Å². The Hall–Kier alpha value is 2.81. The highest BCUT2D eigenvalue weighted by atomic mass is 127. The Kier molecular flexibility index (Phi) is 7.08. The third-order valence-corrected chi connectivity index (χ3v) is 5.20. The third-order valence-electron chi connectivity index (χ3n) is 2.09. The molecule has 0 aromatic carbocycles. The van der Waals surface area contributed by atoms with Crippen LogP contribution in [0, 0.1) is 0 Å². The van der Waals surface area contributed by atoms with Crippen molar-refractivity contribution < 1.29 is 0 Å². The molecule has 0 spiro atoms. The summed E-state index contributed by atoms with van der Waals surface area (Å²) in [5.41, 5.74) is 0. The molecule has 2 nitrogen and oxygen atoms in total. The van der Waals surface area contributed by atoms with E-state index in [4.69, 9.17) is 0 Å². The van der Waals surface area contributed by atoms with Crippen LogP contribution >= 0.6 is 91.7 Å². The molecule has 0 N–H and O–H groups in total. The lowest BCUT2D eigenvalue weighted by molar-refractivity contribution is 0.316. The second-order valence-electron chi connectivity index (χ2n) is 2.95. The molecule has 1 rings (SSSR count). The van der Waals surface area contributed by atoms with Gasteiger partial charge < -0.3 is 0 Å². The van der Waals surface area contributed by atoms with E-state index in [1.807, 2.05) is 23.9 Å². The summed E-state index contributed by atoms with van der Waals surface area (Å²) >= 11 is 11.3.